The van der Waals surface area contributed by atoms with Crippen molar-refractivity contribution in [2.24, 2.45) is 5.73 Å². The van der Waals surface area contributed by atoms with Crippen LogP contribution in [0.4, 0.5) is 5.69 Å². The molecule has 3 N–H and O–H groups in total. The van der Waals surface area contributed by atoms with Crippen molar-refractivity contribution in [3.8, 4) is 5.75 Å². The molecule has 1 aromatic rings. The fourth-order valence-electron chi connectivity index (χ4n) is 2.32. The van der Waals surface area contributed by atoms with Gasteiger partial charge >= 0.3 is 0 Å². The molecule has 6 heteroatoms. The third kappa shape index (κ3) is 4.69. The van der Waals surface area contributed by atoms with Crippen molar-refractivity contribution in [1.29, 1.82) is 0 Å². The molecule has 0 aromatic heterocycles. The molecule has 0 bridgehead atoms. The molecule has 0 saturated carbocycles. The highest BCUT2D eigenvalue weighted by Gasteiger charge is 2.17. The summed E-state index contributed by atoms with van der Waals surface area (Å²) in [6.07, 6.45) is 2.01. The van der Waals surface area contributed by atoms with Gasteiger partial charge in [0.25, 0.3) is 0 Å². The van der Waals surface area contributed by atoms with Crippen molar-refractivity contribution >= 4 is 11.6 Å². The first-order valence-corrected chi connectivity index (χ1v) is 7.50. The van der Waals surface area contributed by atoms with Crippen LogP contribution >= 0.6 is 0 Å². The number of carbonyl (C=O) groups is 1. The summed E-state index contributed by atoms with van der Waals surface area (Å²) in [5.74, 6) is 0.574. The number of nitrogens with two attached hydrogens (primary N) is 1. The van der Waals surface area contributed by atoms with Crippen LogP contribution in [0.2, 0.25) is 0 Å². The lowest BCUT2D eigenvalue weighted by Crippen LogP contribution is -2.39. The number of carbonyl (C=O) groups excluding carboxylic acids is 1. The molecule has 1 fully saturated rings. The Bertz CT molecular complexity index is 501. The zero-order valence-corrected chi connectivity index (χ0v) is 13.1. The predicted molar refractivity (Wildman–Crippen MR) is 84.1 cm³/mol. The van der Waals surface area contributed by atoms with Gasteiger partial charge in [-0.3, -0.25) is 4.79 Å². The van der Waals surface area contributed by atoms with E-state index < -0.39 is 6.04 Å². The lowest BCUT2D eigenvalue weighted by atomic mass is 10.1. The molecule has 0 spiro atoms. The number of hydrogen-bond donors (Lipinski definition) is 2. The molecule has 122 valence electrons. The second kappa shape index (κ2) is 8.12. The number of hydrogen-bond acceptors (Lipinski definition) is 5. The van der Waals surface area contributed by atoms with E-state index >= 15 is 0 Å². The van der Waals surface area contributed by atoms with Crippen molar-refractivity contribution in [3.63, 3.8) is 0 Å². The van der Waals surface area contributed by atoms with Crippen LogP contribution in [0.1, 0.15) is 18.4 Å². The Morgan fingerprint density at radius 3 is 2.82 bits per heavy atom. The lowest BCUT2D eigenvalue weighted by Gasteiger charge is -2.24. The smallest absolute Gasteiger partial charge is 0.243 e. The third-order valence-electron chi connectivity index (χ3n) is 3.59. The zero-order valence-electron chi connectivity index (χ0n) is 13.1. The molecule has 0 aliphatic carbocycles. The number of ether oxygens (including phenoxy) is 3. The Hall–Kier alpha value is -1.63. The van der Waals surface area contributed by atoms with E-state index in [2.05, 4.69) is 5.32 Å². The van der Waals surface area contributed by atoms with Gasteiger partial charge in [0.1, 0.15) is 17.9 Å². The highest BCUT2D eigenvalue weighted by molar-refractivity contribution is 5.94. The monoisotopic (exact) mass is 308 g/mol. The minimum Gasteiger partial charge on any atom is -0.490 e. The average molecular weight is 308 g/mol. The first kappa shape index (κ1) is 16.7. The van der Waals surface area contributed by atoms with Gasteiger partial charge in [0, 0.05) is 25.6 Å². The number of aryl methyl sites for hydroxylation is 1. The van der Waals surface area contributed by atoms with Crippen molar-refractivity contribution < 1.29 is 19.0 Å². The standard InChI is InChI=1S/C16H24N2O4/c1-11-9-12(18-16(19)14(17)10-20-2)3-4-15(11)22-13-5-7-21-8-6-13/h3-4,9,13-14H,5-8,10,17H2,1-2H3,(H,18,19). The normalized spacial score (nSPS) is 17.0. The van der Waals surface area contributed by atoms with Gasteiger partial charge in [0.05, 0.1) is 19.8 Å². The average Bonchev–Trinajstić information content (AvgIpc) is 2.51. The van der Waals surface area contributed by atoms with Gasteiger partial charge in [-0.25, -0.2) is 0 Å². The molecular formula is C16H24N2O4. The van der Waals surface area contributed by atoms with E-state index in [-0.39, 0.29) is 18.6 Å². The number of anilines is 1. The third-order valence-corrected chi connectivity index (χ3v) is 3.59. The van der Waals surface area contributed by atoms with Crippen LogP contribution < -0.4 is 15.8 Å². The SMILES string of the molecule is COCC(N)C(=O)Nc1ccc(OC2CCOCC2)c(C)c1. The van der Waals surface area contributed by atoms with Gasteiger partial charge in [-0.05, 0) is 30.7 Å². The maximum atomic E-state index is 11.9. The molecule has 1 unspecified atom stereocenters. The molecule has 1 atom stereocenters. The Kier molecular flexibility index (Phi) is 6.18. The van der Waals surface area contributed by atoms with Gasteiger partial charge in [0.15, 0.2) is 0 Å². The van der Waals surface area contributed by atoms with Crippen molar-refractivity contribution in [2.45, 2.75) is 31.9 Å². The van der Waals surface area contributed by atoms with Crippen LogP contribution in [0.3, 0.4) is 0 Å². The lowest BCUT2D eigenvalue weighted by molar-refractivity contribution is -0.118. The summed E-state index contributed by atoms with van der Waals surface area (Å²) in [4.78, 5) is 11.9. The second-order valence-electron chi connectivity index (χ2n) is 5.46. The predicted octanol–water partition coefficient (Wildman–Crippen LogP) is 1.47. The Balaban J connectivity index is 1.95. The summed E-state index contributed by atoms with van der Waals surface area (Å²) >= 11 is 0. The van der Waals surface area contributed by atoms with E-state index in [9.17, 15) is 4.79 Å². The number of amides is 1. The molecule has 1 amide bonds. The summed E-state index contributed by atoms with van der Waals surface area (Å²) in [5, 5.41) is 2.78. The fourth-order valence-corrected chi connectivity index (χ4v) is 2.32. The number of methoxy groups -OCH3 is 1. The molecular weight excluding hydrogens is 284 g/mol. The Morgan fingerprint density at radius 2 is 2.18 bits per heavy atom. The topological polar surface area (TPSA) is 82.8 Å². The Labute approximate surface area is 130 Å². The minimum atomic E-state index is -0.677. The van der Waals surface area contributed by atoms with Gasteiger partial charge in [-0.2, -0.15) is 0 Å². The van der Waals surface area contributed by atoms with E-state index in [0.717, 1.165) is 37.4 Å². The summed E-state index contributed by atoms with van der Waals surface area (Å²) < 4.78 is 16.2. The molecule has 1 aliphatic heterocycles. The maximum absolute atomic E-state index is 11.9. The molecule has 2 rings (SSSR count). The fraction of sp³-hybridized carbons (Fsp3) is 0.562. The van der Waals surface area contributed by atoms with Gasteiger partial charge in [0.2, 0.25) is 5.91 Å². The number of nitrogens with one attached hydrogen (secondary N) is 1. The second-order valence-corrected chi connectivity index (χ2v) is 5.46. The number of benzene rings is 1. The number of rotatable bonds is 6. The Morgan fingerprint density at radius 1 is 1.45 bits per heavy atom. The highest BCUT2D eigenvalue weighted by atomic mass is 16.5. The molecule has 1 heterocycles. The quantitative estimate of drug-likeness (QED) is 0.831. The first-order chi connectivity index (χ1) is 10.6. The van der Waals surface area contributed by atoms with E-state index in [1.54, 1.807) is 0 Å². The van der Waals surface area contributed by atoms with Gasteiger partial charge < -0.3 is 25.3 Å². The van der Waals surface area contributed by atoms with Gasteiger partial charge in [-0.1, -0.05) is 0 Å². The van der Waals surface area contributed by atoms with Crippen LogP contribution in [-0.2, 0) is 14.3 Å². The van der Waals surface area contributed by atoms with Crippen molar-refractivity contribution in [3.05, 3.63) is 23.8 Å². The summed E-state index contributed by atoms with van der Waals surface area (Å²) in [5.41, 5.74) is 7.37. The van der Waals surface area contributed by atoms with E-state index in [1.165, 1.54) is 7.11 Å². The molecule has 0 radical (unpaired) electrons. The first-order valence-electron chi connectivity index (χ1n) is 7.50. The molecule has 1 saturated heterocycles. The van der Waals surface area contributed by atoms with Crippen LogP contribution in [0.25, 0.3) is 0 Å². The largest absolute Gasteiger partial charge is 0.490 e. The molecule has 1 aliphatic rings. The molecule has 6 nitrogen and oxygen atoms in total. The summed E-state index contributed by atoms with van der Waals surface area (Å²) in [7, 11) is 1.51. The van der Waals surface area contributed by atoms with E-state index in [4.69, 9.17) is 19.9 Å². The molecule has 22 heavy (non-hydrogen) atoms. The van der Waals surface area contributed by atoms with E-state index in [1.807, 2.05) is 25.1 Å². The van der Waals surface area contributed by atoms with Gasteiger partial charge in [-0.15, -0.1) is 0 Å². The van der Waals surface area contributed by atoms with Crippen LogP contribution in [0.5, 0.6) is 5.75 Å². The summed E-state index contributed by atoms with van der Waals surface area (Å²) in [6, 6.07) is 4.90. The summed E-state index contributed by atoms with van der Waals surface area (Å²) in [6.45, 7) is 3.64. The minimum absolute atomic E-state index is 0.190. The maximum Gasteiger partial charge on any atom is 0.243 e. The van der Waals surface area contributed by atoms with E-state index in [0.29, 0.717) is 5.69 Å². The van der Waals surface area contributed by atoms with Crippen molar-refractivity contribution in [2.75, 3.05) is 32.2 Å². The zero-order chi connectivity index (χ0) is 15.9. The van der Waals surface area contributed by atoms with Crippen LogP contribution in [0, 0.1) is 6.92 Å². The van der Waals surface area contributed by atoms with Crippen LogP contribution in [0.15, 0.2) is 18.2 Å². The highest BCUT2D eigenvalue weighted by Crippen LogP contribution is 2.25. The van der Waals surface area contributed by atoms with Crippen LogP contribution in [-0.4, -0.2) is 45.0 Å². The molecule has 1 aromatic carbocycles. The van der Waals surface area contributed by atoms with Crippen molar-refractivity contribution in [1.82, 2.24) is 0 Å².